The highest BCUT2D eigenvalue weighted by Gasteiger charge is 2.17. The Kier molecular flexibility index (Phi) is 5.48. The lowest BCUT2D eigenvalue weighted by Gasteiger charge is -2.08. The fraction of sp³-hybridized carbons (Fsp3) is 0.158. The minimum Gasteiger partial charge on any atom is -0.298 e. The fourth-order valence-electron chi connectivity index (χ4n) is 2.64. The molecule has 6 nitrogen and oxygen atoms in total. The fourth-order valence-corrected chi connectivity index (χ4v) is 3.58. The lowest BCUT2D eigenvalue weighted by molar-refractivity contribution is -0.385. The molecule has 0 bridgehead atoms. The van der Waals surface area contributed by atoms with Gasteiger partial charge >= 0.3 is 0 Å². The maximum atomic E-state index is 11.2. The van der Waals surface area contributed by atoms with E-state index < -0.39 is 0 Å². The largest absolute Gasteiger partial charge is 0.298 e. The number of aryl methyl sites for hydroxylation is 1. The van der Waals surface area contributed by atoms with Gasteiger partial charge in [-0.3, -0.25) is 14.7 Å². The minimum absolute atomic E-state index is 0.119. The number of hydrogen-bond acceptors (Lipinski definition) is 5. The molecule has 0 unspecified atom stereocenters. The van der Waals surface area contributed by atoms with Crippen LogP contribution >= 0.6 is 11.8 Å². The molecule has 0 aliphatic rings. The number of thioether (sulfide) groups is 1. The summed E-state index contributed by atoms with van der Waals surface area (Å²) in [5.74, 6) is 1.21. The molecule has 0 N–H and O–H groups in total. The Balaban J connectivity index is 1.89. The number of para-hydroxylation sites is 1. The molecule has 3 aromatic rings. The molecule has 1 aromatic heterocycles. The Morgan fingerprint density at radius 3 is 2.77 bits per heavy atom. The van der Waals surface area contributed by atoms with Crippen molar-refractivity contribution in [1.82, 2.24) is 14.8 Å². The summed E-state index contributed by atoms with van der Waals surface area (Å²) in [4.78, 5) is 10.8. The molecule has 0 amide bonds. The second kappa shape index (κ2) is 7.97. The van der Waals surface area contributed by atoms with E-state index in [2.05, 4.69) is 22.8 Å². The molecule has 7 heteroatoms. The summed E-state index contributed by atoms with van der Waals surface area (Å²) in [5, 5.41) is 20.5. The van der Waals surface area contributed by atoms with E-state index in [1.165, 1.54) is 17.8 Å². The maximum absolute atomic E-state index is 11.2. The molecule has 0 saturated heterocycles. The van der Waals surface area contributed by atoms with Gasteiger partial charge in [0.15, 0.2) is 11.0 Å². The normalized spacial score (nSPS) is 10.7. The molecular weight excluding hydrogens is 348 g/mol. The van der Waals surface area contributed by atoms with Crippen molar-refractivity contribution in [3.8, 4) is 11.4 Å². The molecule has 0 aliphatic carbocycles. The van der Waals surface area contributed by atoms with E-state index in [-0.39, 0.29) is 10.6 Å². The zero-order chi connectivity index (χ0) is 18.5. The van der Waals surface area contributed by atoms with Gasteiger partial charge < -0.3 is 0 Å². The highest BCUT2D eigenvalue weighted by Crippen LogP contribution is 2.29. The van der Waals surface area contributed by atoms with Gasteiger partial charge in [0, 0.05) is 29.5 Å². The van der Waals surface area contributed by atoms with Crippen LogP contribution < -0.4 is 0 Å². The van der Waals surface area contributed by atoms with E-state index in [1.54, 1.807) is 24.3 Å². The standard InChI is InChI=1S/C19H18N4O2S/c1-3-11-22-18(15-9-6-7-14(2)12-15)20-21-19(22)26-13-16-8-4-5-10-17(16)23(24)25/h3-10,12H,1,11,13H2,2H3. The highest BCUT2D eigenvalue weighted by atomic mass is 32.2. The lowest BCUT2D eigenvalue weighted by Crippen LogP contribution is -2.01. The van der Waals surface area contributed by atoms with Crippen molar-refractivity contribution in [3.05, 3.63) is 82.4 Å². The van der Waals surface area contributed by atoms with Crippen LogP contribution in [0.1, 0.15) is 11.1 Å². The Morgan fingerprint density at radius 1 is 1.23 bits per heavy atom. The van der Waals surface area contributed by atoms with Crippen LogP contribution in [0.25, 0.3) is 11.4 Å². The van der Waals surface area contributed by atoms with Gasteiger partial charge in [-0.25, -0.2) is 0 Å². The van der Waals surface area contributed by atoms with E-state index >= 15 is 0 Å². The van der Waals surface area contributed by atoms with Crippen LogP contribution in [0.15, 0.2) is 66.3 Å². The third-order valence-electron chi connectivity index (χ3n) is 3.85. The number of rotatable bonds is 7. The third-order valence-corrected chi connectivity index (χ3v) is 4.87. The lowest BCUT2D eigenvalue weighted by atomic mass is 10.1. The van der Waals surface area contributed by atoms with Gasteiger partial charge in [-0.15, -0.1) is 16.8 Å². The molecule has 26 heavy (non-hydrogen) atoms. The third kappa shape index (κ3) is 3.83. The number of nitrogens with zero attached hydrogens (tertiary/aromatic N) is 4. The van der Waals surface area contributed by atoms with Gasteiger partial charge in [-0.2, -0.15) is 0 Å². The average Bonchev–Trinajstić information content (AvgIpc) is 3.03. The Morgan fingerprint density at radius 2 is 2.04 bits per heavy atom. The van der Waals surface area contributed by atoms with E-state index in [0.717, 1.165) is 17.0 Å². The molecule has 3 rings (SSSR count). The SMILES string of the molecule is C=CCn1c(SCc2ccccc2[N+](=O)[O-])nnc1-c1cccc(C)c1. The zero-order valence-electron chi connectivity index (χ0n) is 14.3. The maximum Gasteiger partial charge on any atom is 0.273 e. The molecule has 0 saturated carbocycles. The summed E-state index contributed by atoms with van der Waals surface area (Å²) in [6.07, 6.45) is 1.79. The van der Waals surface area contributed by atoms with Crippen LogP contribution in [0, 0.1) is 17.0 Å². The topological polar surface area (TPSA) is 73.8 Å². The molecule has 0 fully saturated rings. The van der Waals surface area contributed by atoms with Crippen molar-refractivity contribution in [2.75, 3.05) is 0 Å². The van der Waals surface area contributed by atoms with Crippen LogP contribution in [0.5, 0.6) is 0 Å². The summed E-state index contributed by atoms with van der Waals surface area (Å²) in [5.41, 5.74) is 2.91. The number of allylic oxidation sites excluding steroid dienone is 1. The quantitative estimate of drug-likeness (QED) is 0.264. The van der Waals surface area contributed by atoms with Crippen molar-refractivity contribution < 1.29 is 4.92 Å². The molecule has 0 spiro atoms. The van der Waals surface area contributed by atoms with Gasteiger partial charge in [-0.05, 0) is 13.0 Å². The second-order valence-corrected chi connectivity index (χ2v) is 6.69. The van der Waals surface area contributed by atoms with Crippen molar-refractivity contribution in [2.24, 2.45) is 0 Å². The molecule has 1 heterocycles. The second-order valence-electron chi connectivity index (χ2n) is 5.75. The number of benzene rings is 2. The van der Waals surface area contributed by atoms with Gasteiger partial charge in [0.2, 0.25) is 0 Å². The van der Waals surface area contributed by atoms with Crippen LogP contribution in [0.2, 0.25) is 0 Å². The van der Waals surface area contributed by atoms with Crippen molar-refractivity contribution in [3.63, 3.8) is 0 Å². The first-order valence-corrected chi connectivity index (χ1v) is 9.05. The van der Waals surface area contributed by atoms with E-state index in [0.29, 0.717) is 23.0 Å². The molecule has 132 valence electrons. The Bertz CT molecular complexity index is 952. The summed E-state index contributed by atoms with van der Waals surface area (Å²) >= 11 is 1.43. The molecule has 2 aromatic carbocycles. The predicted molar refractivity (Wildman–Crippen MR) is 103 cm³/mol. The summed E-state index contributed by atoms with van der Waals surface area (Å²) in [6, 6.07) is 14.8. The van der Waals surface area contributed by atoms with Crippen molar-refractivity contribution in [1.29, 1.82) is 0 Å². The van der Waals surface area contributed by atoms with Gasteiger partial charge in [0.25, 0.3) is 5.69 Å². The number of hydrogen-bond donors (Lipinski definition) is 0. The predicted octanol–water partition coefficient (Wildman–Crippen LogP) is 4.64. The average molecular weight is 366 g/mol. The monoisotopic (exact) mass is 366 g/mol. The zero-order valence-corrected chi connectivity index (χ0v) is 15.1. The van der Waals surface area contributed by atoms with Crippen LogP contribution in [-0.4, -0.2) is 19.7 Å². The Hall–Kier alpha value is -2.93. The van der Waals surface area contributed by atoms with E-state index in [4.69, 9.17) is 0 Å². The van der Waals surface area contributed by atoms with Crippen LogP contribution in [0.4, 0.5) is 5.69 Å². The minimum atomic E-state index is -0.359. The number of nitro benzene ring substituents is 1. The first-order chi connectivity index (χ1) is 12.6. The summed E-state index contributed by atoms with van der Waals surface area (Å²) in [7, 11) is 0. The van der Waals surface area contributed by atoms with Gasteiger partial charge in [0.05, 0.1) is 4.92 Å². The molecular formula is C19H18N4O2S. The first-order valence-electron chi connectivity index (χ1n) is 8.06. The summed E-state index contributed by atoms with van der Waals surface area (Å²) in [6.45, 7) is 6.40. The van der Waals surface area contributed by atoms with Crippen molar-refractivity contribution in [2.45, 2.75) is 24.4 Å². The molecule has 0 radical (unpaired) electrons. The van der Waals surface area contributed by atoms with Crippen LogP contribution in [0.3, 0.4) is 0 Å². The molecule has 0 atom stereocenters. The number of nitro groups is 1. The van der Waals surface area contributed by atoms with E-state index in [9.17, 15) is 10.1 Å². The van der Waals surface area contributed by atoms with Crippen molar-refractivity contribution >= 4 is 17.4 Å². The first kappa shape index (κ1) is 17.9. The van der Waals surface area contributed by atoms with E-state index in [1.807, 2.05) is 29.7 Å². The Labute approximate surface area is 155 Å². The molecule has 0 aliphatic heterocycles. The highest BCUT2D eigenvalue weighted by molar-refractivity contribution is 7.98. The summed E-state index contributed by atoms with van der Waals surface area (Å²) < 4.78 is 1.97. The number of aromatic nitrogens is 3. The smallest absolute Gasteiger partial charge is 0.273 e. The van der Waals surface area contributed by atoms with Gasteiger partial charge in [0.1, 0.15) is 0 Å². The van der Waals surface area contributed by atoms with Crippen LogP contribution in [-0.2, 0) is 12.3 Å². The van der Waals surface area contributed by atoms with Gasteiger partial charge in [-0.1, -0.05) is 59.8 Å².